The van der Waals surface area contributed by atoms with Gasteiger partial charge in [0.1, 0.15) is 0 Å². The van der Waals surface area contributed by atoms with Gasteiger partial charge in [0, 0.05) is 13.1 Å². The number of urea groups is 1. The summed E-state index contributed by atoms with van der Waals surface area (Å²) < 4.78 is 15.6. The average molecular weight is 280 g/mol. The van der Waals surface area contributed by atoms with E-state index in [9.17, 15) is 9.59 Å². The number of carbonyl (C=O) groups is 2. The minimum absolute atomic E-state index is 0.247. The fourth-order valence-corrected chi connectivity index (χ4v) is 2.08. The van der Waals surface area contributed by atoms with Gasteiger partial charge in [0.25, 0.3) is 5.91 Å². The Morgan fingerprint density at radius 3 is 2.35 bits per heavy atom. The van der Waals surface area contributed by atoms with E-state index in [1.807, 2.05) is 0 Å². The molecule has 1 heterocycles. The lowest BCUT2D eigenvalue weighted by Gasteiger charge is -2.18. The third-order valence-corrected chi connectivity index (χ3v) is 3.04. The number of nitrogens with zero attached hydrogens (tertiary/aromatic N) is 1. The van der Waals surface area contributed by atoms with Gasteiger partial charge in [-0.1, -0.05) is 0 Å². The first-order chi connectivity index (χ1) is 9.63. The van der Waals surface area contributed by atoms with Crippen LogP contribution >= 0.6 is 0 Å². The minimum atomic E-state index is -0.433. The quantitative estimate of drug-likeness (QED) is 0.885. The van der Waals surface area contributed by atoms with Crippen LogP contribution in [0.3, 0.4) is 0 Å². The maximum Gasteiger partial charge on any atom is 0.324 e. The van der Waals surface area contributed by atoms with E-state index in [0.717, 1.165) is 4.90 Å². The number of rotatable bonds is 4. The molecule has 1 saturated heterocycles. The molecule has 0 bridgehead atoms. The van der Waals surface area contributed by atoms with Gasteiger partial charge in [0.05, 0.1) is 26.9 Å². The molecule has 1 aliphatic heterocycles. The molecular weight excluding hydrogens is 264 g/mol. The van der Waals surface area contributed by atoms with Gasteiger partial charge in [-0.3, -0.25) is 9.69 Å². The van der Waals surface area contributed by atoms with Gasteiger partial charge in [-0.2, -0.15) is 0 Å². The summed E-state index contributed by atoms with van der Waals surface area (Å²) in [5.41, 5.74) is 0.252. The van der Waals surface area contributed by atoms with E-state index in [1.54, 1.807) is 12.1 Å². The summed E-state index contributed by atoms with van der Waals surface area (Å²) in [7, 11) is 4.38. The van der Waals surface area contributed by atoms with Crippen molar-refractivity contribution in [2.75, 3.05) is 34.4 Å². The first kappa shape index (κ1) is 14.0. The van der Waals surface area contributed by atoms with E-state index < -0.39 is 11.9 Å². The highest BCUT2D eigenvalue weighted by atomic mass is 16.5. The Labute approximate surface area is 116 Å². The monoisotopic (exact) mass is 280 g/mol. The molecule has 1 N–H and O–H groups in total. The maximum atomic E-state index is 12.4. The van der Waals surface area contributed by atoms with Gasteiger partial charge in [-0.25, -0.2) is 4.79 Å². The van der Waals surface area contributed by atoms with Crippen molar-refractivity contribution in [3.63, 3.8) is 0 Å². The van der Waals surface area contributed by atoms with Crippen molar-refractivity contribution < 1.29 is 23.8 Å². The molecule has 2 rings (SSSR count). The number of hydrogen-bond donors (Lipinski definition) is 1. The second-order valence-corrected chi connectivity index (χ2v) is 4.07. The molecule has 1 fully saturated rings. The zero-order valence-corrected chi connectivity index (χ0v) is 11.6. The molecule has 1 aliphatic rings. The molecule has 0 radical (unpaired) electrons. The number of nitrogens with one attached hydrogen (secondary N) is 1. The van der Waals surface area contributed by atoms with Gasteiger partial charge in [0.15, 0.2) is 11.5 Å². The van der Waals surface area contributed by atoms with Crippen molar-refractivity contribution in [1.29, 1.82) is 0 Å². The van der Waals surface area contributed by atoms with E-state index >= 15 is 0 Å². The Bertz CT molecular complexity index is 544. The molecule has 0 aromatic heterocycles. The normalized spacial score (nSPS) is 13.9. The van der Waals surface area contributed by atoms with Crippen LogP contribution in [0.25, 0.3) is 0 Å². The van der Waals surface area contributed by atoms with Gasteiger partial charge >= 0.3 is 6.03 Å². The molecule has 1 aromatic rings. The predicted octanol–water partition coefficient (Wildman–Crippen LogP) is 0.878. The summed E-state index contributed by atoms with van der Waals surface area (Å²) in [4.78, 5) is 25.1. The molecule has 20 heavy (non-hydrogen) atoms. The summed E-state index contributed by atoms with van der Waals surface area (Å²) in [5.74, 6) is 0.585. The van der Waals surface area contributed by atoms with Crippen LogP contribution in [0.15, 0.2) is 12.1 Å². The van der Waals surface area contributed by atoms with Crippen LogP contribution in [0.2, 0.25) is 0 Å². The van der Waals surface area contributed by atoms with Gasteiger partial charge in [-0.05, 0) is 12.1 Å². The van der Waals surface area contributed by atoms with Crippen molar-refractivity contribution in [1.82, 2.24) is 10.2 Å². The fourth-order valence-electron chi connectivity index (χ4n) is 2.08. The third-order valence-electron chi connectivity index (χ3n) is 3.04. The maximum absolute atomic E-state index is 12.4. The van der Waals surface area contributed by atoms with Crippen LogP contribution in [0.1, 0.15) is 10.4 Å². The first-order valence-electron chi connectivity index (χ1n) is 6.02. The minimum Gasteiger partial charge on any atom is -0.493 e. The number of amides is 3. The third kappa shape index (κ3) is 2.22. The van der Waals surface area contributed by atoms with Crippen LogP contribution in [-0.2, 0) is 0 Å². The summed E-state index contributed by atoms with van der Waals surface area (Å²) in [6, 6.07) is 2.74. The van der Waals surface area contributed by atoms with E-state index in [2.05, 4.69) is 5.32 Å². The molecule has 0 aliphatic carbocycles. The van der Waals surface area contributed by atoms with E-state index in [1.165, 1.54) is 21.3 Å². The largest absolute Gasteiger partial charge is 0.493 e. The van der Waals surface area contributed by atoms with Crippen LogP contribution in [0.4, 0.5) is 4.79 Å². The SMILES string of the molecule is COc1ccc(C(=O)N2CCNC2=O)c(OC)c1OC. The van der Waals surface area contributed by atoms with Crippen molar-refractivity contribution in [3.8, 4) is 17.2 Å². The van der Waals surface area contributed by atoms with Crippen LogP contribution in [0, 0.1) is 0 Å². The highest BCUT2D eigenvalue weighted by Gasteiger charge is 2.30. The molecule has 7 nitrogen and oxygen atoms in total. The van der Waals surface area contributed by atoms with Gasteiger partial charge < -0.3 is 19.5 Å². The highest BCUT2D eigenvalue weighted by molar-refractivity contribution is 6.07. The number of methoxy groups -OCH3 is 3. The Kier molecular flexibility index (Phi) is 3.97. The van der Waals surface area contributed by atoms with Crippen molar-refractivity contribution in [3.05, 3.63) is 17.7 Å². The summed E-state index contributed by atoms with van der Waals surface area (Å²) in [6.45, 7) is 0.773. The Balaban J connectivity index is 2.46. The van der Waals surface area contributed by atoms with E-state index in [4.69, 9.17) is 14.2 Å². The lowest BCUT2D eigenvalue weighted by Crippen LogP contribution is -2.34. The molecule has 108 valence electrons. The molecule has 3 amide bonds. The van der Waals surface area contributed by atoms with Crippen molar-refractivity contribution in [2.24, 2.45) is 0 Å². The smallest absolute Gasteiger partial charge is 0.324 e. The number of carbonyl (C=O) groups excluding carboxylic acids is 2. The number of hydrogen-bond acceptors (Lipinski definition) is 5. The first-order valence-corrected chi connectivity index (χ1v) is 6.02. The molecule has 0 spiro atoms. The van der Waals surface area contributed by atoms with Crippen LogP contribution in [-0.4, -0.2) is 51.3 Å². The number of ether oxygens (including phenoxy) is 3. The molecule has 0 unspecified atom stereocenters. The highest BCUT2D eigenvalue weighted by Crippen LogP contribution is 2.40. The summed E-state index contributed by atoms with van der Waals surface area (Å²) in [6.07, 6.45) is 0. The Hall–Kier alpha value is -2.44. The van der Waals surface area contributed by atoms with Gasteiger partial charge in [-0.15, -0.1) is 0 Å². The lowest BCUT2D eigenvalue weighted by molar-refractivity contribution is 0.0825. The predicted molar refractivity (Wildman–Crippen MR) is 70.5 cm³/mol. The summed E-state index contributed by atoms with van der Waals surface area (Å²) >= 11 is 0. The number of benzene rings is 1. The van der Waals surface area contributed by atoms with Crippen LogP contribution in [0.5, 0.6) is 17.2 Å². The zero-order chi connectivity index (χ0) is 14.7. The Morgan fingerprint density at radius 1 is 1.15 bits per heavy atom. The standard InChI is InChI=1S/C13H16N2O5/c1-18-9-5-4-8(10(19-2)11(9)20-3)12(16)15-7-6-14-13(15)17/h4-5H,6-7H2,1-3H3,(H,14,17). The zero-order valence-electron chi connectivity index (χ0n) is 11.6. The van der Waals surface area contributed by atoms with E-state index in [0.29, 0.717) is 24.6 Å². The molecular formula is C13H16N2O5. The second-order valence-electron chi connectivity index (χ2n) is 4.07. The molecule has 1 aromatic carbocycles. The molecule has 0 saturated carbocycles. The number of imide groups is 1. The second kappa shape index (κ2) is 5.68. The fraction of sp³-hybridized carbons (Fsp3) is 0.385. The summed E-state index contributed by atoms with van der Waals surface area (Å²) in [5, 5.41) is 2.58. The van der Waals surface area contributed by atoms with Crippen molar-refractivity contribution >= 4 is 11.9 Å². The van der Waals surface area contributed by atoms with Crippen LogP contribution < -0.4 is 19.5 Å². The molecule has 0 atom stereocenters. The topological polar surface area (TPSA) is 77.1 Å². The Morgan fingerprint density at radius 2 is 1.85 bits per heavy atom. The lowest BCUT2D eigenvalue weighted by atomic mass is 10.1. The average Bonchev–Trinajstić information content (AvgIpc) is 2.90. The van der Waals surface area contributed by atoms with E-state index in [-0.39, 0.29) is 11.3 Å². The molecule has 7 heteroatoms. The van der Waals surface area contributed by atoms with Crippen molar-refractivity contribution in [2.45, 2.75) is 0 Å². The van der Waals surface area contributed by atoms with Gasteiger partial charge in [0.2, 0.25) is 5.75 Å².